The van der Waals surface area contributed by atoms with Gasteiger partial charge in [-0.1, -0.05) is 19.1 Å². The first-order chi connectivity index (χ1) is 10.5. The van der Waals surface area contributed by atoms with Crippen LogP contribution in [0, 0.1) is 5.82 Å². The summed E-state index contributed by atoms with van der Waals surface area (Å²) in [6, 6.07) is 8.63. The molecule has 116 valence electrons. The number of benzene rings is 1. The van der Waals surface area contributed by atoms with Crippen LogP contribution in [0.5, 0.6) is 0 Å². The number of nitrogens with one attached hydrogen (secondary N) is 1. The third kappa shape index (κ3) is 3.72. The zero-order chi connectivity index (χ0) is 16.1. The second-order valence-electron chi connectivity index (χ2n) is 4.80. The number of rotatable bonds is 6. The maximum atomic E-state index is 12.9. The molecular weight excluding hydrogens is 289 g/mol. The number of hydrogen-bond donors (Lipinski definition) is 2. The van der Waals surface area contributed by atoms with E-state index in [2.05, 4.69) is 5.32 Å². The highest BCUT2D eigenvalue weighted by Gasteiger charge is 2.19. The first kappa shape index (κ1) is 15.8. The average Bonchev–Trinajstić information content (AvgIpc) is 2.97. The van der Waals surface area contributed by atoms with Crippen molar-refractivity contribution in [2.24, 2.45) is 0 Å². The molecule has 2 aromatic rings. The zero-order valence-corrected chi connectivity index (χ0v) is 12.0. The predicted molar refractivity (Wildman–Crippen MR) is 76.9 cm³/mol. The van der Waals surface area contributed by atoms with E-state index < -0.39 is 11.9 Å². The quantitative estimate of drug-likeness (QED) is 0.860. The van der Waals surface area contributed by atoms with Gasteiger partial charge in [0.05, 0.1) is 12.5 Å². The Bertz CT molecular complexity index is 663. The summed E-state index contributed by atoms with van der Waals surface area (Å²) in [4.78, 5) is 22.9. The van der Waals surface area contributed by atoms with E-state index in [1.807, 2.05) is 6.92 Å². The summed E-state index contributed by atoms with van der Waals surface area (Å²) in [5.41, 5.74) is 0.729. The highest BCUT2D eigenvalue weighted by molar-refractivity contribution is 5.84. The summed E-state index contributed by atoms with van der Waals surface area (Å²) in [5.74, 6) is -1.93. The van der Waals surface area contributed by atoms with Crippen LogP contribution in [0.2, 0.25) is 0 Å². The van der Waals surface area contributed by atoms with Crippen LogP contribution < -0.4 is 5.32 Å². The number of carboxylic acid groups (broad SMARTS) is 1. The molecule has 0 aliphatic heterocycles. The highest BCUT2D eigenvalue weighted by atomic mass is 19.1. The van der Waals surface area contributed by atoms with Gasteiger partial charge in [0.25, 0.3) is 0 Å². The van der Waals surface area contributed by atoms with Gasteiger partial charge in [0, 0.05) is 0 Å². The number of carbonyl (C=O) groups excluding carboxylic acids is 1. The molecule has 0 radical (unpaired) electrons. The molecule has 0 aliphatic rings. The maximum absolute atomic E-state index is 12.9. The number of aromatic carboxylic acids is 1. The predicted octanol–water partition coefficient (Wildman–Crippen LogP) is 2.93. The number of furan rings is 1. The van der Waals surface area contributed by atoms with E-state index in [4.69, 9.17) is 9.52 Å². The van der Waals surface area contributed by atoms with Gasteiger partial charge in [-0.15, -0.1) is 0 Å². The van der Waals surface area contributed by atoms with Crippen molar-refractivity contribution >= 4 is 11.9 Å². The van der Waals surface area contributed by atoms with E-state index in [1.165, 1.54) is 24.3 Å². The fourth-order valence-corrected chi connectivity index (χ4v) is 2.15. The van der Waals surface area contributed by atoms with Gasteiger partial charge in [0.2, 0.25) is 11.7 Å². The molecule has 1 amide bonds. The Balaban J connectivity index is 2.00. The fraction of sp³-hybridized carbons (Fsp3) is 0.250. The lowest BCUT2D eigenvalue weighted by molar-refractivity contribution is -0.122. The van der Waals surface area contributed by atoms with Crippen LogP contribution in [-0.4, -0.2) is 17.0 Å². The van der Waals surface area contributed by atoms with Crippen molar-refractivity contribution in [3.05, 3.63) is 59.3 Å². The van der Waals surface area contributed by atoms with Crippen LogP contribution in [-0.2, 0) is 11.3 Å². The molecule has 0 saturated heterocycles. The SMILES string of the molecule is CCC(C(=O)NCc1ccc(C(=O)O)o1)c1ccc(F)cc1. The normalized spacial score (nSPS) is 11.9. The van der Waals surface area contributed by atoms with Gasteiger partial charge in [0.15, 0.2) is 0 Å². The summed E-state index contributed by atoms with van der Waals surface area (Å²) in [7, 11) is 0. The Kier molecular flexibility index (Phi) is 4.93. The largest absolute Gasteiger partial charge is 0.475 e. The van der Waals surface area contributed by atoms with Crippen LogP contribution >= 0.6 is 0 Å². The molecule has 22 heavy (non-hydrogen) atoms. The molecule has 0 aliphatic carbocycles. The molecule has 1 heterocycles. The van der Waals surface area contributed by atoms with Gasteiger partial charge in [-0.05, 0) is 36.2 Å². The van der Waals surface area contributed by atoms with E-state index in [9.17, 15) is 14.0 Å². The molecule has 6 heteroatoms. The number of amides is 1. The summed E-state index contributed by atoms with van der Waals surface area (Å²) >= 11 is 0. The van der Waals surface area contributed by atoms with Crippen molar-refractivity contribution in [2.75, 3.05) is 0 Å². The van der Waals surface area contributed by atoms with Crippen molar-refractivity contribution in [2.45, 2.75) is 25.8 Å². The van der Waals surface area contributed by atoms with Crippen LogP contribution in [0.1, 0.15) is 41.1 Å². The standard InChI is InChI=1S/C16H16FNO4/c1-2-13(10-3-5-11(17)6-4-10)15(19)18-9-12-7-8-14(22-12)16(20)21/h3-8,13H,2,9H2,1H3,(H,18,19)(H,20,21). The number of hydrogen-bond acceptors (Lipinski definition) is 3. The van der Waals surface area contributed by atoms with Crippen LogP contribution in [0.25, 0.3) is 0 Å². The van der Waals surface area contributed by atoms with E-state index in [0.29, 0.717) is 12.2 Å². The summed E-state index contributed by atoms with van der Waals surface area (Å²) < 4.78 is 18.0. The Morgan fingerprint density at radius 1 is 1.23 bits per heavy atom. The first-order valence-corrected chi connectivity index (χ1v) is 6.86. The lowest BCUT2D eigenvalue weighted by atomic mass is 9.95. The Morgan fingerprint density at radius 2 is 1.91 bits per heavy atom. The molecule has 2 N–H and O–H groups in total. The second-order valence-corrected chi connectivity index (χ2v) is 4.80. The molecule has 1 unspecified atom stereocenters. The third-order valence-electron chi connectivity index (χ3n) is 3.31. The zero-order valence-electron chi connectivity index (χ0n) is 12.0. The van der Waals surface area contributed by atoms with Crippen molar-refractivity contribution in [3.63, 3.8) is 0 Å². The van der Waals surface area contributed by atoms with Crippen molar-refractivity contribution < 1.29 is 23.5 Å². The Morgan fingerprint density at radius 3 is 2.45 bits per heavy atom. The minimum absolute atomic E-state index is 0.101. The number of halogens is 1. The smallest absolute Gasteiger partial charge is 0.371 e. The lowest BCUT2D eigenvalue weighted by Crippen LogP contribution is -2.28. The van der Waals surface area contributed by atoms with E-state index in [-0.39, 0.29) is 24.0 Å². The minimum atomic E-state index is -1.16. The molecule has 0 saturated carbocycles. The molecule has 0 bridgehead atoms. The molecule has 1 atom stereocenters. The van der Waals surface area contributed by atoms with Gasteiger partial charge < -0.3 is 14.8 Å². The van der Waals surface area contributed by atoms with Crippen LogP contribution in [0.15, 0.2) is 40.8 Å². The number of carbonyl (C=O) groups is 2. The van der Waals surface area contributed by atoms with E-state index >= 15 is 0 Å². The van der Waals surface area contributed by atoms with E-state index in [1.54, 1.807) is 12.1 Å². The minimum Gasteiger partial charge on any atom is -0.475 e. The second kappa shape index (κ2) is 6.89. The van der Waals surface area contributed by atoms with Crippen molar-refractivity contribution in [3.8, 4) is 0 Å². The van der Waals surface area contributed by atoms with Crippen LogP contribution in [0.3, 0.4) is 0 Å². The third-order valence-corrected chi connectivity index (χ3v) is 3.31. The van der Waals surface area contributed by atoms with Gasteiger partial charge >= 0.3 is 5.97 Å². The summed E-state index contributed by atoms with van der Waals surface area (Å²) in [6.45, 7) is 1.97. The average molecular weight is 305 g/mol. The molecule has 1 aromatic carbocycles. The maximum Gasteiger partial charge on any atom is 0.371 e. The molecular formula is C16H16FNO4. The Hall–Kier alpha value is -2.63. The molecule has 0 fully saturated rings. The van der Waals surface area contributed by atoms with E-state index in [0.717, 1.165) is 5.56 Å². The molecule has 2 rings (SSSR count). The monoisotopic (exact) mass is 305 g/mol. The molecule has 1 aromatic heterocycles. The summed E-state index contributed by atoms with van der Waals surface area (Å²) in [5, 5.41) is 11.5. The molecule has 0 spiro atoms. The molecule has 5 nitrogen and oxygen atoms in total. The van der Waals surface area contributed by atoms with Crippen molar-refractivity contribution in [1.82, 2.24) is 5.32 Å². The van der Waals surface area contributed by atoms with Gasteiger partial charge in [-0.25, -0.2) is 9.18 Å². The topological polar surface area (TPSA) is 79.5 Å². The number of carboxylic acids is 1. The lowest BCUT2D eigenvalue weighted by Gasteiger charge is -2.14. The van der Waals surface area contributed by atoms with Gasteiger partial charge in [-0.3, -0.25) is 4.79 Å². The highest BCUT2D eigenvalue weighted by Crippen LogP contribution is 2.20. The fourth-order valence-electron chi connectivity index (χ4n) is 2.15. The Labute approximate surface area is 126 Å². The van der Waals surface area contributed by atoms with Crippen LogP contribution in [0.4, 0.5) is 4.39 Å². The van der Waals surface area contributed by atoms with Gasteiger partial charge in [-0.2, -0.15) is 0 Å². The summed E-state index contributed by atoms with van der Waals surface area (Å²) in [6.07, 6.45) is 0.565. The first-order valence-electron chi connectivity index (χ1n) is 6.86. The van der Waals surface area contributed by atoms with Crippen molar-refractivity contribution in [1.29, 1.82) is 0 Å². The van der Waals surface area contributed by atoms with Gasteiger partial charge in [0.1, 0.15) is 11.6 Å².